The summed E-state index contributed by atoms with van der Waals surface area (Å²) >= 11 is 0. The van der Waals surface area contributed by atoms with Crippen molar-refractivity contribution < 1.29 is 4.74 Å². The number of ether oxygens (including phenoxy) is 1. The van der Waals surface area contributed by atoms with E-state index in [4.69, 9.17) is 9.73 Å². The summed E-state index contributed by atoms with van der Waals surface area (Å²) in [7, 11) is 0. The number of benzene rings is 1. The van der Waals surface area contributed by atoms with Gasteiger partial charge in [-0.2, -0.15) is 0 Å². The number of piperazine rings is 1. The normalized spacial score (nSPS) is 15.0. The Labute approximate surface area is 173 Å². The lowest BCUT2D eigenvalue weighted by atomic mass is 10.2. The Morgan fingerprint density at radius 3 is 2.52 bits per heavy atom. The van der Waals surface area contributed by atoms with Crippen LogP contribution in [-0.2, 0) is 6.54 Å². The van der Waals surface area contributed by atoms with Crippen LogP contribution in [0.3, 0.4) is 0 Å². The number of aliphatic imine (C=N–C) groups is 1. The van der Waals surface area contributed by atoms with Crippen molar-refractivity contribution in [1.82, 2.24) is 20.2 Å². The van der Waals surface area contributed by atoms with Gasteiger partial charge < -0.3 is 19.9 Å². The van der Waals surface area contributed by atoms with Crippen LogP contribution in [0.5, 0.6) is 5.75 Å². The molecule has 1 aliphatic rings. The van der Waals surface area contributed by atoms with E-state index in [2.05, 4.69) is 51.9 Å². The van der Waals surface area contributed by atoms with Crippen LogP contribution in [0.25, 0.3) is 0 Å². The Hall–Kier alpha value is -2.83. The van der Waals surface area contributed by atoms with E-state index >= 15 is 0 Å². The molecule has 1 aromatic carbocycles. The van der Waals surface area contributed by atoms with Crippen molar-refractivity contribution in [3.05, 3.63) is 48.3 Å². The fourth-order valence-corrected chi connectivity index (χ4v) is 3.19. The van der Waals surface area contributed by atoms with E-state index in [0.717, 1.165) is 55.9 Å². The van der Waals surface area contributed by atoms with E-state index < -0.39 is 0 Å². The second-order valence-electron chi connectivity index (χ2n) is 7.51. The molecule has 1 N–H and O–H groups in total. The molecule has 0 radical (unpaired) electrons. The molecule has 29 heavy (non-hydrogen) atoms. The predicted molar refractivity (Wildman–Crippen MR) is 117 cm³/mol. The highest BCUT2D eigenvalue weighted by Gasteiger charge is 2.21. The first kappa shape index (κ1) is 20.9. The highest BCUT2D eigenvalue weighted by molar-refractivity contribution is 5.80. The number of hydrogen-bond acceptors (Lipinski definition) is 5. The van der Waals surface area contributed by atoms with Crippen molar-refractivity contribution in [3.63, 3.8) is 0 Å². The van der Waals surface area contributed by atoms with Crippen LogP contribution in [0.4, 0.5) is 5.95 Å². The zero-order valence-electron chi connectivity index (χ0n) is 17.7. The van der Waals surface area contributed by atoms with Gasteiger partial charge in [0.25, 0.3) is 0 Å². The van der Waals surface area contributed by atoms with Gasteiger partial charge in [0.1, 0.15) is 5.75 Å². The summed E-state index contributed by atoms with van der Waals surface area (Å²) in [5.74, 6) is 3.16. The monoisotopic (exact) mass is 396 g/mol. The molecule has 1 fully saturated rings. The summed E-state index contributed by atoms with van der Waals surface area (Å²) in [6.07, 6.45) is 3.58. The lowest BCUT2D eigenvalue weighted by molar-refractivity contribution is 0.268. The molecule has 1 saturated heterocycles. The van der Waals surface area contributed by atoms with Crippen molar-refractivity contribution in [2.75, 3.05) is 44.2 Å². The third-order valence-electron chi connectivity index (χ3n) is 4.69. The lowest BCUT2D eigenvalue weighted by Crippen LogP contribution is -2.52. The van der Waals surface area contributed by atoms with Gasteiger partial charge in [-0.3, -0.25) is 0 Å². The molecule has 2 aromatic rings. The molecule has 3 rings (SSSR count). The van der Waals surface area contributed by atoms with Gasteiger partial charge in [-0.25, -0.2) is 15.0 Å². The maximum Gasteiger partial charge on any atom is 0.225 e. The van der Waals surface area contributed by atoms with Gasteiger partial charge in [0.05, 0.1) is 13.2 Å². The smallest absolute Gasteiger partial charge is 0.225 e. The van der Waals surface area contributed by atoms with E-state index in [-0.39, 0.29) is 0 Å². The summed E-state index contributed by atoms with van der Waals surface area (Å²) < 4.78 is 5.98. The first-order valence-corrected chi connectivity index (χ1v) is 10.4. The molecule has 0 saturated carbocycles. The van der Waals surface area contributed by atoms with Crippen LogP contribution < -0.4 is 15.0 Å². The van der Waals surface area contributed by atoms with Crippen LogP contribution in [0.15, 0.2) is 47.7 Å². The fraction of sp³-hybridized carbons (Fsp3) is 0.500. The Morgan fingerprint density at radius 2 is 1.83 bits per heavy atom. The Balaban J connectivity index is 1.64. The third kappa shape index (κ3) is 6.07. The van der Waals surface area contributed by atoms with E-state index in [9.17, 15) is 0 Å². The molecule has 0 spiro atoms. The fourth-order valence-electron chi connectivity index (χ4n) is 3.19. The van der Waals surface area contributed by atoms with E-state index in [1.165, 1.54) is 0 Å². The standard InChI is InChI=1S/C22H32N6O/c1-4-23-21(26-16-19-8-5-6-9-20(19)29-17-18(2)3)27-12-14-28(15-13-27)22-24-10-7-11-25-22/h5-11,18H,4,12-17H2,1-3H3,(H,23,26). The lowest BCUT2D eigenvalue weighted by Gasteiger charge is -2.36. The quantitative estimate of drug-likeness (QED) is 0.573. The molecule has 2 heterocycles. The number of rotatable bonds is 7. The van der Waals surface area contributed by atoms with Gasteiger partial charge in [-0.15, -0.1) is 0 Å². The Kier molecular flexibility index (Phi) is 7.67. The second-order valence-corrected chi connectivity index (χ2v) is 7.51. The highest BCUT2D eigenvalue weighted by Crippen LogP contribution is 2.20. The average Bonchev–Trinajstić information content (AvgIpc) is 2.76. The van der Waals surface area contributed by atoms with Crippen molar-refractivity contribution in [2.45, 2.75) is 27.3 Å². The van der Waals surface area contributed by atoms with E-state index in [0.29, 0.717) is 19.1 Å². The second kappa shape index (κ2) is 10.6. The number of hydrogen-bond donors (Lipinski definition) is 1. The van der Waals surface area contributed by atoms with Crippen molar-refractivity contribution in [2.24, 2.45) is 10.9 Å². The van der Waals surface area contributed by atoms with Gasteiger partial charge in [-0.1, -0.05) is 32.0 Å². The maximum atomic E-state index is 5.98. The van der Waals surface area contributed by atoms with Gasteiger partial charge in [0, 0.05) is 50.7 Å². The topological polar surface area (TPSA) is 65.9 Å². The number of aromatic nitrogens is 2. The molecule has 0 bridgehead atoms. The zero-order valence-corrected chi connectivity index (χ0v) is 17.7. The van der Waals surface area contributed by atoms with Crippen molar-refractivity contribution in [1.29, 1.82) is 0 Å². The molecule has 0 aliphatic carbocycles. The summed E-state index contributed by atoms with van der Waals surface area (Å²) in [5.41, 5.74) is 1.11. The number of para-hydroxylation sites is 1. The molecule has 0 unspecified atom stereocenters. The molecule has 0 amide bonds. The van der Waals surface area contributed by atoms with Crippen molar-refractivity contribution >= 4 is 11.9 Å². The maximum absolute atomic E-state index is 5.98. The predicted octanol–water partition coefficient (Wildman–Crippen LogP) is 2.80. The van der Waals surface area contributed by atoms with E-state index in [1.54, 1.807) is 12.4 Å². The highest BCUT2D eigenvalue weighted by atomic mass is 16.5. The van der Waals surface area contributed by atoms with Crippen LogP contribution in [0.1, 0.15) is 26.3 Å². The summed E-state index contributed by atoms with van der Waals surface area (Å²) in [4.78, 5) is 18.1. The Bertz CT molecular complexity index is 772. The molecular weight excluding hydrogens is 364 g/mol. The van der Waals surface area contributed by atoms with Crippen LogP contribution in [-0.4, -0.2) is 60.2 Å². The van der Waals surface area contributed by atoms with Crippen LogP contribution >= 0.6 is 0 Å². The molecular formula is C22H32N6O. The summed E-state index contributed by atoms with van der Waals surface area (Å²) in [6.45, 7) is 12.1. The Morgan fingerprint density at radius 1 is 1.10 bits per heavy atom. The number of nitrogens with one attached hydrogen (secondary N) is 1. The molecule has 0 atom stereocenters. The zero-order chi connectivity index (χ0) is 20.5. The SMILES string of the molecule is CCNC(=NCc1ccccc1OCC(C)C)N1CCN(c2ncccn2)CC1. The summed E-state index contributed by atoms with van der Waals surface area (Å²) in [6, 6.07) is 10.0. The minimum absolute atomic E-state index is 0.494. The first-order chi connectivity index (χ1) is 14.2. The summed E-state index contributed by atoms with van der Waals surface area (Å²) in [5, 5.41) is 3.43. The number of nitrogens with zero attached hydrogens (tertiary/aromatic N) is 5. The van der Waals surface area contributed by atoms with Gasteiger partial charge >= 0.3 is 0 Å². The van der Waals surface area contributed by atoms with Gasteiger partial charge in [0.2, 0.25) is 5.95 Å². The molecule has 1 aromatic heterocycles. The minimum atomic E-state index is 0.494. The van der Waals surface area contributed by atoms with Crippen LogP contribution in [0, 0.1) is 5.92 Å². The first-order valence-electron chi connectivity index (χ1n) is 10.4. The molecule has 7 nitrogen and oxygen atoms in total. The number of guanidine groups is 1. The molecule has 1 aliphatic heterocycles. The number of anilines is 1. The molecule has 156 valence electrons. The molecule has 7 heteroatoms. The van der Waals surface area contributed by atoms with Gasteiger partial charge in [-0.05, 0) is 25.0 Å². The van der Waals surface area contributed by atoms with Crippen molar-refractivity contribution in [3.8, 4) is 5.75 Å². The van der Waals surface area contributed by atoms with Gasteiger partial charge in [0.15, 0.2) is 5.96 Å². The average molecular weight is 397 g/mol. The minimum Gasteiger partial charge on any atom is -0.493 e. The van der Waals surface area contributed by atoms with E-state index in [1.807, 2.05) is 24.3 Å². The van der Waals surface area contributed by atoms with Crippen LogP contribution in [0.2, 0.25) is 0 Å². The largest absolute Gasteiger partial charge is 0.493 e. The third-order valence-corrected chi connectivity index (χ3v) is 4.69.